The molecule has 6 nitrogen and oxygen atoms in total. The Morgan fingerprint density at radius 3 is 2.44 bits per heavy atom. The highest BCUT2D eigenvalue weighted by atomic mass is 127. The number of methoxy groups -OCH3 is 1. The lowest BCUT2D eigenvalue weighted by Gasteiger charge is -2.22. The Morgan fingerprint density at radius 1 is 1.22 bits per heavy atom. The highest BCUT2D eigenvalue weighted by molar-refractivity contribution is 14.0. The number of aliphatic imine (C=N–C) groups is 1. The van der Waals surface area contributed by atoms with E-state index in [1.54, 1.807) is 7.11 Å². The third kappa shape index (κ3) is 7.20. The van der Waals surface area contributed by atoms with Crippen molar-refractivity contribution >= 4 is 35.8 Å². The SMILES string of the molecule is CCNC(=NCC(=O)NC(C)(C)C)NCC1(c2ccccc2OC)CC1.I. The summed E-state index contributed by atoms with van der Waals surface area (Å²) in [6.45, 7) is 9.51. The summed E-state index contributed by atoms with van der Waals surface area (Å²) in [6.07, 6.45) is 2.23. The van der Waals surface area contributed by atoms with Gasteiger partial charge in [0.25, 0.3) is 0 Å². The highest BCUT2D eigenvalue weighted by Crippen LogP contribution is 2.50. The molecule has 0 heterocycles. The van der Waals surface area contributed by atoms with Crippen molar-refractivity contribution in [3.8, 4) is 5.75 Å². The third-order valence-corrected chi connectivity index (χ3v) is 4.37. The normalized spacial score (nSPS) is 15.4. The number of carbonyl (C=O) groups excluding carboxylic acids is 1. The van der Waals surface area contributed by atoms with Gasteiger partial charge >= 0.3 is 0 Å². The minimum atomic E-state index is -0.250. The molecular formula is C20H33IN4O2. The lowest BCUT2D eigenvalue weighted by atomic mass is 9.95. The summed E-state index contributed by atoms with van der Waals surface area (Å²) in [5.74, 6) is 1.51. The van der Waals surface area contributed by atoms with Crippen LogP contribution in [0, 0.1) is 0 Å². The van der Waals surface area contributed by atoms with Crippen LogP contribution in [0.4, 0.5) is 0 Å². The summed E-state index contributed by atoms with van der Waals surface area (Å²) >= 11 is 0. The molecule has 0 spiro atoms. The Kier molecular flexibility index (Phi) is 8.84. The van der Waals surface area contributed by atoms with E-state index < -0.39 is 0 Å². The summed E-state index contributed by atoms with van der Waals surface area (Å²) in [7, 11) is 1.71. The summed E-state index contributed by atoms with van der Waals surface area (Å²) in [5, 5.41) is 9.53. The predicted molar refractivity (Wildman–Crippen MR) is 121 cm³/mol. The molecule has 1 aromatic rings. The fourth-order valence-electron chi connectivity index (χ4n) is 2.98. The Labute approximate surface area is 179 Å². The first kappa shape index (κ1) is 23.5. The van der Waals surface area contributed by atoms with Crippen molar-refractivity contribution in [1.29, 1.82) is 0 Å². The van der Waals surface area contributed by atoms with Crippen LogP contribution < -0.4 is 20.7 Å². The molecule has 7 heteroatoms. The van der Waals surface area contributed by atoms with E-state index in [1.807, 2.05) is 45.9 Å². The summed E-state index contributed by atoms with van der Waals surface area (Å²) < 4.78 is 5.52. The van der Waals surface area contributed by atoms with Crippen LogP contribution in [-0.2, 0) is 10.2 Å². The number of hydrogen-bond donors (Lipinski definition) is 3. The van der Waals surface area contributed by atoms with Gasteiger partial charge in [-0.1, -0.05) is 18.2 Å². The van der Waals surface area contributed by atoms with Gasteiger partial charge in [-0.2, -0.15) is 0 Å². The molecule has 27 heavy (non-hydrogen) atoms. The second kappa shape index (κ2) is 10.1. The molecule has 2 rings (SSSR count). The largest absolute Gasteiger partial charge is 0.496 e. The van der Waals surface area contributed by atoms with Crippen LogP contribution in [-0.4, -0.2) is 44.1 Å². The molecule has 0 atom stereocenters. The van der Waals surface area contributed by atoms with Crippen LogP contribution in [0.5, 0.6) is 5.75 Å². The van der Waals surface area contributed by atoms with E-state index in [2.05, 4.69) is 27.0 Å². The van der Waals surface area contributed by atoms with E-state index in [0.717, 1.165) is 31.7 Å². The van der Waals surface area contributed by atoms with Gasteiger partial charge in [0.1, 0.15) is 12.3 Å². The number of amides is 1. The Balaban J connectivity index is 0.00000364. The van der Waals surface area contributed by atoms with E-state index in [0.29, 0.717) is 5.96 Å². The first-order valence-corrected chi connectivity index (χ1v) is 9.26. The lowest BCUT2D eigenvalue weighted by Crippen LogP contribution is -2.44. The number of nitrogens with zero attached hydrogens (tertiary/aromatic N) is 1. The van der Waals surface area contributed by atoms with Crippen molar-refractivity contribution in [2.24, 2.45) is 4.99 Å². The minimum absolute atomic E-state index is 0. The summed E-state index contributed by atoms with van der Waals surface area (Å²) in [5.41, 5.74) is 1.06. The van der Waals surface area contributed by atoms with E-state index in [-0.39, 0.29) is 47.4 Å². The van der Waals surface area contributed by atoms with Crippen LogP contribution >= 0.6 is 24.0 Å². The highest BCUT2D eigenvalue weighted by Gasteiger charge is 2.46. The number of benzene rings is 1. The Hall–Kier alpha value is -1.51. The number of nitrogens with one attached hydrogen (secondary N) is 3. The molecule has 1 saturated carbocycles. The first-order valence-electron chi connectivity index (χ1n) is 9.26. The van der Waals surface area contributed by atoms with E-state index in [9.17, 15) is 4.79 Å². The van der Waals surface area contributed by atoms with E-state index >= 15 is 0 Å². The van der Waals surface area contributed by atoms with Gasteiger partial charge in [0, 0.05) is 29.6 Å². The topological polar surface area (TPSA) is 74.8 Å². The smallest absolute Gasteiger partial charge is 0.242 e. The third-order valence-electron chi connectivity index (χ3n) is 4.37. The van der Waals surface area contributed by atoms with Gasteiger partial charge in [-0.05, 0) is 46.6 Å². The Morgan fingerprint density at radius 2 is 1.89 bits per heavy atom. The molecule has 0 unspecified atom stereocenters. The number of hydrogen-bond acceptors (Lipinski definition) is 3. The maximum atomic E-state index is 12.0. The van der Waals surface area contributed by atoms with Crippen molar-refractivity contribution in [3.05, 3.63) is 29.8 Å². The molecular weight excluding hydrogens is 455 g/mol. The van der Waals surface area contributed by atoms with Crippen LogP contribution in [0.3, 0.4) is 0 Å². The Bertz CT molecular complexity index is 652. The maximum absolute atomic E-state index is 12.0. The van der Waals surface area contributed by atoms with Gasteiger partial charge < -0.3 is 20.7 Å². The number of para-hydroxylation sites is 1. The van der Waals surface area contributed by atoms with Crippen molar-refractivity contribution in [1.82, 2.24) is 16.0 Å². The number of carbonyl (C=O) groups is 1. The van der Waals surface area contributed by atoms with Gasteiger partial charge in [-0.25, -0.2) is 4.99 Å². The minimum Gasteiger partial charge on any atom is -0.496 e. The zero-order chi connectivity index (χ0) is 19.2. The zero-order valence-corrected chi connectivity index (χ0v) is 19.3. The quantitative estimate of drug-likeness (QED) is 0.314. The summed E-state index contributed by atoms with van der Waals surface area (Å²) in [4.78, 5) is 16.4. The van der Waals surface area contributed by atoms with Crippen LogP contribution in [0.2, 0.25) is 0 Å². The molecule has 0 aliphatic heterocycles. The van der Waals surface area contributed by atoms with Gasteiger partial charge in [-0.15, -0.1) is 24.0 Å². The second-order valence-corrected chi connectivity index (χ2v) is 7.83. The number of halogens is 1. The molecule has 0 aromatic heterocycles. The molecule has 0 bridgehead atoms. The van der Waals surface area contributed by atoms with Gasteiger partial charge in [0.2, 0.25) is 5.91 Å². The number of guanidine groups is 1. The number of ether oxygens (including phenoxy) is 1. The molecule has 3 N–H and O–H groups in total. The molecule has 152 valence electrons. The maximum Gasteiger partial charge on any atom is 0.242 e. The van der Waals surface area contributed by atoms with Crippen molar-refractivity contribution in [2.75, 3.05) is 26.7 Å². The molecule has 1 aliphatic carbocycles. The monoisotopic (exact) mass is 488 g/mol. The zero-order valence-electron chi connectivity index (χ0n) is 17.0. The lowest BCUT2D eigenvalue weighted by molar-refractivity contribution is -0.121. The van der Waals surface area contributed by atoms with E-state index in [1.165, 1.54) is 5.56 Å². The second-order valence-electron chi connectivity index (χ2n) is 7.83. The number of rotatable bonds is 7. The molecule has 0 saturated heterocycles. The van der Waals surface area contributed by atoms with Crippen molar-refractivity contribution < 1.29 is 9.53 Å². The van der Waals surface area contributed by atoms with Crippen molar-refractivity contribution in [3.63, 3.8) is 0 Å². The van der Waals surface area contributed by atoms with Gasteiger partial charge in [-0.3, -0.25) is 4.79 Å². The fourth-order valence-corrected chi connectivity index (χ4v) is 2.98. The molecule has 1 amide bonds. The average molecular weight is 488 g/mol. The van der Waals surface area contributed by atoms with Crippen LogP contribution in [0.25, 0.3) is 0 Å². The fraction of sp³-hybridized carbons (Fsp3) is 0.600. The molecule has 1 fully saturated rings. The molecule has 1 aromatic carbocycles. The first-order chi connectivity index (χ1) is 12.3. The van der Waals surface area contributed by atoms with Crippen LogP contribution in [0.1, 0.15) is 46.1 Å². The summed E-state index contributed by atoms with van der Waals surface area (Å²) in [6, 6.07) is 8.18. The van der Waals surface area contributed by atoms with E-state index in [4.69, 9.17) is 4.74 Å². The van der Waals surface area contributed by atoms with Crippen molar-refractivity contribution in [2.45, 2.75) is 51.5 Å². The molecule has 1 aliphatic rings. The van der Waals surface area contributed by atoms with Gasteiger partial charge in [0.15, 0.2) is 5.96 Å². The standard InChI is InChI=1S/C20H32N4O2.HI/c1-6-21-18(22-13-17(25)24-19(2,3)4)23-14-20(11-12-20)15-9-7-8-10-16(15)26-5;/h7-10H,6,11-14H2,1-5H3,(H,24,25)(H2,21,22,23);1H. The predicted octanol–water partition coefficient (Wildman–Crippen LogP) is 2.81. The van der Waals surface area contributed by atoms with Gasteiger partial charge in [0.05, 0.1) is 7.11 Å². The average Bonchev–Trinajstić information content (AvgIpc) is 3.37. The molecule has 0 radical (unpaired) electrons. The van der Waals surface area contributed by atoms with Crippen LogP contribution in [0.15, 0.2) is 29.3 Å².